The first-order valence-electron chi connectivity index (χ1n) is 13.0. The van der Waals surface area contributed by atoms with Crippen LogP contribution in [-0.4, -0.2) is 49.6 Å². The smallest absolute Gasteiger partial charge is 0.0555 e. The number of likely N-dealkylation sites (N-methyl/N-ethyl adjacent to an activating group) is 2. The van der Waals surface area contributed by atoms with E-state index in [9.17, 15) is 0 Å². The molecule has 0 aliphatic heterocycles. The van der Waals surface area contributed by atoms with Crippen LogP contribution in [0.4, 0.5) is 0 Å². The number of nitrogens with zero attached hydrogens (tertiary/aromatic N) is 4. The van der Waals surface area contributed by atoms with Gasteiger partial charge in [0.2, 0.25) is 0 Å². The van der Waals surface area contributed by atoms with Crippen molar-refractivity contribution < 1.29 is 0 Å². The molecule has 0 saturated carbocycles. The van der Waals surface area contributed by atoms with E-state index in [0.29, 0.717) is 0 Å². The molecule has 4 heteroatoms. The second-order valence-electron chi connectivity index (χ2n) is 9.72. The summed E-state index contributed by atoms with van der Waals surface area (Å²) in [5.74, 6) is 0. The van der Waals surface area contributed by atoms with Crippen molar-refractivity contribution in [1.29, 1.82) is 0 Å². The molecule has 38 heavy (non-hydrogen) atoms. The first-order chi connectivity index (χ1) is 18.7. The van der Waals surface area contributed by atoms with Crippen LogP contribution in [0.2, 0.25) is 0 Å². The summed E-state index contributed by atoms with van der Waals surface area (Å²) in [5.41, 5.74) is 2.31. The van der Waals surface area contributed by atoms with Crippen molar-refractivity contribution in [3.8, 4) is 0 Å². The van der Waals surface area contributed by atoms with Crippen LogP contribution in [0.25, 0.3) is 43.1 Å². The third-order valence-electron chi connectivity index (χ3n) is 7.14. The summed E-state index contributed by atoms with van der Waals surface area (Å²) in [6, 6.07) is 38.5. The minimum Gasteiger partial charge on any atom is -0.298 e. The molecule has 0 fully saturated rings. The van der Waals surface area contributed by atoms with Crippen LogP contribution in [0.15, 0.2) is 119 Å². The molecule has 186 valence electrons. The number of hydrazone groups is 2. The third-order valence-corrected chi connectivity index (χ3v) is 7.14. The molecule has 0 aliphatic rings. The van der Waals surface area contributed by atoms with Crippen LogP contribution < -0.4 is 0 Å². The predicted octanol–water partition coefficient (Wildman–Crippen LogP) is 7.53. The Kier molecular flexibility index (Phi) is 6.45. The first kappa shape index (κ1) is 23.7. The SMILES string of the molecule is CN(CCN(C)/N=C/c1c2ccccc2cc2ccccc12)/N=C/c1c2ccccc2cc2ccccc12. The standard InChI is InChI=1S/C34H30N4/c1-37(35-23-33-29-15-7-3-11-25(29)21-26-12-4-8-16-30(26)33)19-20-38(2)36-24-34-31-17-9-5-13-27(31)22-28-14-6-10-18-32(28)34/h3-18,21-24H,19-20H2,1-2H3/b35-23+,36-24+. The molecular formula is C34H30N4. The number of benzene rings is 6. The molecule has 0 spiro atoms. The minimum absolute atomic E-state index is 0.753. The van der Waals surface area contributed by atoms with Crippen molar-refractivity contribution in [1.82, 2.24) is 10.0 Å². The van der Waals surface area contributed by atoms with Gasteiger partial charge in [-0.2, -0.15) is 10.2 Å². The van der Waals surface area contributed by atoms with Crippen molar-refractivity contribution in [2.45, 2.75) is 0 Å². The number of hydrogen-bond acceptors (Lipinski definition) is 4. The summed E-state index contributed by atoms with van der Waals surface area (Å²) in [6.07, 6.45) is 3.99. The fourth-order valence-corrected chi connectivity index (χ4v) is 5.09. The zero-order valence-corrected chi connectivity index (χ0v) is 21.8. The van der Waals surface area contributed by atoms with Gasteiger partial charge in [-0.05, 0) is 55.2 Å². The average molecular weight is 495 g/mol. The van der Waals surface area contributed by atoms with Gasteiger partial charge in [0.05, 0.1) is 25.5 Å². The highest BCUT2D eigenvalue weighted by Gasteiger charge is 2.07. The maximum atomic E-state index is 4.80. The van der Waals surface area contributed by atoms with E-state index in [-0.39, 0.29) is 0 Å². The molecule has 0 N–H and O–H groups in total. The summed E-state index contributed by atoms with van der Waals surface area (Å²) in [5, 5.41) is 23.3. The number of hydrogen-bond donors (Lipinski definition) is 0. The molecule has 0 aromatic heterocycles. The Balaban J connectivity index is 1.20. The summed E-state index contributed by atoms with van der Waals surface area (Å²) in [7, 11) is 4.03. The summed E-state index contributed by atoms with van der Waals surface area (Å²) >= 11 is 0. The number of rotatable bonds is 7. The van der Waals surface area contributed by atoms with Gasteiger partial charge in [-0.15, -0.1) is 0 Å². The molecule has 0 radical (unpaired) electrons. The van der Waals surface area contributed by atoms with Gasteiger partial charge in [-0.3, -0.25) is 10.0 Å². The topological polar surface area (TPSA) is 31.2 Å². The fourth-order valence-electron chi connectivity index (χ4n) is 5.09. The zero-order chi connectivity index (χ0) is 25.9. The van der Waals surface area contributed by atoms with Crippen LogP contribution in [-0.2, 0) is 0 Å². The summed E-state index contributed by atoms with van der Waals surface area (Å²) in [6.45, 7) is 1.51. The normalized spacial score (nSPS) is 11.9. The van der Waals surface area contributed by atoms with E-state index in [0.717, 1.165) is 24.2 Å². The summed E-state index contributed by atoms with van der Waals surface area (Å²) in [4.78, 5) is 0. The van der Waals surface area contributed by atoms with E-state index in [2.05, 4.69) is 109 Å². The largest absolute Gasteiger partial charge is 0.298 e. The van der Waals surface area contributed by atoms with Crippen molar-refractivity contribution in [2.24, 2.45) is 10.2 Å². The third kappa shape index (κ3) is 4.69. The lowest BCUT2D eigenvalue weighted by atomic mass is 9.97. The molecule has 0 unspecified atom stereocenters. The Morgan fingerprint density at radius 2 is 0.763 bits per heavy atom. The van der Waals surface area contributed by atoms with Crippen LogP contribution in [0, 0.1) is 0 Å². The van der Waals surface area contributed by atoms with Gasteiger partial charge in [-0.1, -0.05) is 97.1 Å². The Bertz CT molecular complexity index is 1580. The fraction of sp³-hybridized carbons (Fsp3) is 0.118. The Hall–Kier alpha value is -4.70. The van der Waals surface area contributed by atoms with E-state index >= 15 is 0 Å². The zero-order valence-electron chi connectivity index (χ0n) is 21.8. The molecular weight excluding hydrogens is 464 g/mol. The van der Waals surface area contributed by atoms with E-state index in [4.69, 9.17) is 10.2 Å². The van der Waals surface area contributed by atoms with E-state index in [1.165, 1.54) is 43.1 Å². The van der Waals surface area contributed by atoms with Gasteiger partial charge in [0.1, 0.15) is 0 Å². The first-order valence-corrected chi connectivity index (χ1v) is 13.0. The molecule has 0 aliphatic carbocycles. The Morgan fingerprint density at radius 1 is 0.474 bits per heavy atom. The van der Waals surface area contributed by atoms with Crippen molar-refractivity contribution in [3.05, 3.63) is 120 Å². The van der Waals surface area contributed by atoms with Gasteiger partial charge in [0, 0.05) is 25.2 Å². The molecule has 6 rings (SSSR count). The lowest BCUT2D eigenvalue weighted by Crippen LogP contribution is -2.25. The van der Waals surface area contributed by atoms with E-state index in [1.807, 2.05) is 36.5 Å². The second kappa shape index (κ2) is 10.3. The monoisotopic (exact) mass is 494 g/mol. The van der Waals surface area contributed by atoms with Crippen LogP contribution in [0.1, 0.15) is 11.1 Å². The molecule has 0 atom stereocenters. The molecule has 0 bridgehead atoms. The highest BCUT2D eigenvalue weighted by atomic mass is 15.5. The van der Waals surface area contributed by atoms with Crippen molar-refractivity contribution in [3.63, 3.8) is 0 Å². The predicted molar refractivity (Wildman–Crippen MR) is 163 cm³/mol. The Labute approximate surface area is 223 Å². The van der Waals surface area contributed by atoms with Crippen LogP contribution in [0.3, 0.4) is 0 Å². The van der Waals surface area contributed by atoms with Gasteiger partial charge < -0.3 is 0 Å². The van der Waals surface area contributed by atoms with Gasteiger partial charge in [-0.25, -0.2) is 0 Å². The van der Waals surface area contributed by atoms with E-state index < -0.39 is 0 Å². The minimum atomic E-state index is 0.753. The Morgan fingerprint density at radius 3 is 1.08 bits per heavy atom. The molecule has 0 saturated heterocycles. The second-order valence-corrected chi connectivity index (χ2v) is 9.72. The summed E-state index contributed by atoms with van der Waals surface area (Å²) < 4.78 is 0. The molecule has 6 aromatic carbocycles. The highest BCUT2D eigenvalue weighted by molar-refractivity contribution is 6.14. The molecule has 0 amide bonds. The lowest BCUT2D eigenvalue weighted by molar-refractivity contribution is 0.272. The molecule has 4 nitrogen and oxygen atoms in total. The number of fused-ring (bicyclic) bond motifs is 4. The average Bonchev–Trinajstić information content (AvgIpc) is 2.96. The molecule has 0 heterocycles. The maximum absolute atomic E-state index is 4.80. The van der Waals surface area contributed by atoms with Crippen molar-refractivity contribution in [2.75, 3.05) is 27.2 Å². The quantitative estimate of drug-likeness (QED) is 0.130. The highest BCUT2D eigenvalue weighted by Crippen LogP contribution is 2.28. The van der Waals surface area contributed by atoms with Gasteiger partial charge >= 0.3 is 0 Å². The molecule has 6 aromatic rings. The lowest BCUT2D eigenvalue weighted by Gasteiger charge is -2.18. The van der Waals surface area contributed by atoms with E-state index in [1.54, 1.807) is 0 Å². The maximum Gasteiger partial charge on any atom is 0.0555 e. The van der Waals surface area contributed by atoms with Gasteiger partial charge in [0.15, 0.2) is 0 Å². The van der Waals surface area contributed by atoms with Gasteiger partial charge in [0.25, 0.3) is 0 Å². The van der Waals surface area contributed by atoms with Crippen LogP contribution >= 0.6 is 0 Å². The van der Waals surface area contributed by atoms with Crippen LogP contribution in [0.5, 0.6) is 0 Å². The van der Waals surface area contributed by atoms with Crippen molar-refractivity contribution >= 4 is 55.5 Å².